The first-order valence-corrected chi connectivity index (χ1v) is 10.2. The minimum absolute atomic E-state index is 0.166. The van der Waals surface area contributed by atoms with Gasteiger partial charge < -0.3 is 14.8 Å². The fourth-order valence-corrected chi connectivity index (χ4v) is 4.70. The minimum Gasteiger partial charge on any atom is -0.493 e. The maximum absolute atomic E-state index is 12.1. The number of hydrogen-bond acceptors (Lipinski definition) is 4. The number of nitrogens with zero attached hydrogens (tertiary/aromatic N) is 2. The van der Waals surface area contributed by atoms with Crippen molar-refractivity contribution in [2.75, 3.05) is 6.61 Å². The Kier molecular flexibility index (Phi) is 6.02. The molecule has 3 rings (SSSR count). The van der Waals surface area contributed by atoms with Gasteiger partial charge in [-0.15, -0.1) is 10.2 Å². The third-order valence-corrected chi connectivity index (χ3v) is 5.35. The van der Waals surface area contributed by atoms with E-state index in [2.05, 4.69) is 63.0 Å². The molecular formula is C18H14Br3N3O3. The summed E-state index contributed by atoms with van der Waals surface area (Å²) in [6, 6.07) is 7.43. The van der Waals surface area contributed by atoms with Crippen LogP contribution >= 0.6 is 47.8 Å². The number of ether oxygens (including phenoxy) is 1. The predicted molar refractivity (Wildman–Crippen MR) is 114 cm³/mol. The molecule has 0 bridgehead atoms. The Bertz CT molecular complexity index is 1050. The molecule has 0 atom stereocenters. The van der Waals surface area contributed by atoms with Gasteiger partial charge in [-0.2, -0.15) is 0 Å². The number of fused-ring (bicyclic) bond motifs is 1. The fourth-order valence-electron chi connectivity index (χ4n) is 2.69. The number of hydrogen-bond donors (Lipinski definition) is 2. The first kappa shape index (κ1) is 20.0. The van der Waals surface area contributed by atoms with E-state index in [1.807, 2.05) is 32.0 Å². The molecule has 140 valence electrons. The highest BCUT2D eigenvalue weighted by Crippen LogP contribution is 2.40. The molecule has 0 saturated heterocycles. The largest absolute Gasteiger partial charge is 0.493 e. The molecule has 2 aromatic carbocycles. The molecule has 1 heterocycles. The van der Waals surface area contributed by atoms with Crippen LogP contribution in [-0.4, -0.2) is 22.6 Å². The number of amides is 1. The average molecular weight is 560 g/mol. The summed E-state index contributed by atoms with van der Waals surface area (Å²) < 4.78 is 8.10. The number of aromatic nitrogens is 1. The number of halogens is 3. The molecule has 9 heteroatoms. The quantitative estimate of drug-likeness (QED) is 0.359. The van der Waals surface area contributed by atoms with Gasteiger partial charge in [0.25, 0.3) is 0 Å². The summed E-state index contributed by atoms with van der Waals surface area (Å²) in [4.78, 5) is 14.9. The Labute approximate surface area is 180 Å². The van der Waals surface area contributed by atoms with Gasteiger partial charge in [0.2, 0.25) is 5.88 Å². The molecule has 0 aliphatic rings. The summed E-state index contributed by atoms with van der Waals surface area (Å²) in [5.74, 6) is -0.0787. The third kappa shape index (κ3) is 4.41. The second-order valence-electron chi connectivity index (χ2n) is 5.88. The van der Waals surface area contributed by atoms with Gasteiger partial charge >= 0.3 is 5.91 Å². The lowest BCUT2D eigenvalue weighted by Gasteiger charge is -2.10. The second kappa shape index (κ2) is 8.12. The van der Waals surface area contributed by atoms with E-state index in [0.29, 0.717) is 16.7 Å². The van der Waals surface area contributed by atoms with Crippen molar-refractivity contribution in [1.29, 1.82) is 0 Å². The number of H-pyrrole nitrogens is 1. The highest BCUT2D eigenvalue weighted by molar-refractivity contribution is 9.11. The molecule has 1 aromatic heterocycles. The van der Waals surface area contributed by atoms with Crippen LogP contribution in [0.2, 0.25) is 0 Å². The van der Waals surface area contributed by atoms with Crippen molar-refractivity contribution in [3.8, 4) is 11.6 Å². The number of rotatable bonds is 4. The molecule has 27 heavy (non-hydrogen) atoms. The Morgan fingerprint density at radius 2 is 1.74 bits per heavy atom. The van der Waals surface area contributed by atoms with Crippen LogP contribution in [0.4, 0.5) is 5.69 Å². The number of nitrogens with one attached hydrogen (secondary N) is 1. The van der Waals surface area contributed by atoms with Crippen LogP contribution in [0.3, 0.4) is 0 Å². The normalized spacial score (nSPS) is 11.4. The Morgan fingerprint density at radius 3 is 2.41 bits per heavy atom. The molecule has 0 fully saturated rings. The van der Waals surface area contributed by atoms with Crippen molar-refractivity contribution in [2.24, 2.45) is 10.2 Å². The van der Waals surface area contributed by atoms with Gasteiger partial charge in [0.05, 0.1) is 5.52 Å². The number of aromatic amines is 1. The Balaban J connectivity index is 1.78. The van der Waals surface area contributed by atoms with Crippen molar-refractivity contribution in [1.82, 2.24) is 4.98 Å². The summed E-state index contributed by atoms with van der Waals surface area (Å²) in [5.41, 5.74) is 2.68. The topological polar surface area (TPSA) is 87.0 Å². The molecule has 6 nitrogen and oxygen atoms in total. The van der Waals surface area contributed by atoms with E-state index in [4.69, 9.17) is 4.74 Å². The van der Waals surface area contributed by atoms with E-state index in [1.165, 1.54) is 0 Å². The summed E-state index contributed by atoms with van der Waals surface area (Å²) in [6.07, 6.45) is 0. The highest BCUT2D eigenvalue weighted by atomic mass is 79.9. The maximum Gasteiger partial charge on any atom is 0.302 e. The van der Waals surface area contributed by atoms with Gasteiger partial charge in [0.1, 0.15) is 5.75 Å². The lowest BCUT2D eigenvalue weighted by atomic mass is 10.1. The van der Waals surface area contributed by atoms with Crippen LogP contribution in [0.1, 0.15) is 11.1 Å². The molecule has 0 aliphatic heterocycles. The van der Waals surface area contributed by atoms with Crippen molar-refractivity contribution < 1.29 is 14.6 Å². The number of carbonyl (C=O) groups is 1. The highest BCUT2D eigenvalue weighted by Gasteiger charge is 2.14. The number of benzene rings is 2. The third-order valence-electron chi connectivity index (χ3n) is 3.80. The van der Waals surface area contributed by atoms with Crippen LogP contribution < -0.4 is 4.74 Å². The molecule has 0 saturated carbocycles. The van der Waals surface area contributed by atoms with E-state index in [0.717, 1.165) is 24.5 Å². The number of aryl methyl sites for hydroxylation is 2. The van der Waals surface area contributed by atoms with Crippen LogP contribution in [0.5, 0.6) is 11.6 Å². The Morgan fingerprint density at radius 1 is 1.11 bits per heavy atom. The summed E-state index contributed by atoms with van der Waals surface area (Å²) in [6.45, 7) is 3.56. The monoisotopic (exact) mass is 557 g/mol. The molecule has 3 aromatic rings. The van der Waals surface area contributed by atoms with Gasteiger partial charge in [0.15, 0.2) is 12.3 Å². The minimum atomic E-state index is -0.556. The van der Waals surface area contributed by atoms with E-state index in [9.17, 15) is 9.90 Å². The zero-order valence-electron chi connectivity index (χ0n) is 14.3. The van der Waals surface area contributed by atoms with Crippen LogP contribution in [-0.2, 0) is 4.79 Å². The summed E-state index contributed by atoms with van der Waals surface area (Å²) in [7, 11) is 0. The molecule has 0 spiro atoms. The van der Waals surface area contributed by atoms with Crippen molar-refractivity contribution in [2.45, 2.75) is 13.8 Å². The zero-order valence-corrected chi connectivity index (χ0v) is 19.1. The molecule has 0 radical (unpaired) electrons. The van der Waals surface area contributed by atoms with Gasteiger partial charge in [-0.25, -0.2) is 0 Å². The maximum atomic E-state index is 12.1. The molecule has 0 aliphatic carbocycles. The van der Waals surface area contributed by atoms with Crippen LogP contribution in [0, 0.1) is 13.8 Å². The Hall–Kier alpha value is -1.71. The van der Waals surface area contributed by atoms with E-state index < -0.39 is 5.91 Å². The lowest BCUT2D eigenvalue weighted by Crippen LogP contribution is -2.09. The van der Waals surface area contributed by atoms with Gasteiger partial charge in [-0.05, 0) is 65.2 Å². The first-order valence-electron chi connectivity index (χ1n) is 7.80. The number of carbonyl (C=O) groups excluding carboxylic acids is 1. The van der Waals surface area contributed by atoms with Crippen LogP contribution in [0.15, 0.2) is 47.9 Å². The van der Waals surface area contributed by atoms with E-state index in [-0.39, 0.29) is 18.2 Å². The SMILES string of the molecule is Cc1cc(Br)cc(C)c1OCC(=O)N=Nc1c(O)[nH]c2c(Br)cc(Br)cc12. The van der Waals surface area contributed by atoms with Gasteiger partial charge in [-0.1, -0.05) is 31.9 Å². The standard InChI is InChI=1S/C18H14Br3N3O3/c1-8-3-10(19)4-9(2)17(8)27-7-14(25)23-24-16-12-5-11(20)6-13(21)15(12)22-18(16)26/h3-6,22,26H,7H2,1-2H3. The van der Waals surface area contributed by atoms with Crippen molar-refractivity contribution in [3.05, 3.63) is 48.8 Å². The van der Waals surface area contributed by atoms with Gasteiger partial charge in [-0.3, -0.25) is 4.79 Å². The van der Waals surface area contributed by atoms with Gasteiger partial charge in [0, 0.05) is 18.8 Å². The van der Waals surface area contributed by atoms with Crippen molar-refractivity contribution >= 4 is 70.3 Å². The summed E-state index contributed by atoms with van der Waals surface area (Å²) >= 11 is 10.2. The smallest absolute Gasteiger partial charge is 0.302 e. The first-order chi connectivity index (χ1) is 12.8. The number of aromatic hydroxyl groups is 1. The lowest BCUT2D eigenvalue weighted by molar-refractivity contribution is -0.120. The van der Waals surface area contributed by atoms with E-state index >= 15 is 0 Å². The molecule has 1 amide bonds. The second-order valence-corrected chi connectivity index (χ2v) is 8.57. The van der Waals surface area contributed by atoms with Crippen LogP contribution in [0.25, 0.3) is 10.9 Å². The molecule has 0 unspecified atom stereocenters. The molecule has 2 N–H and O–H groups in total. The summed E-state index contributed by atoms with van der Waals surface area (Å²) in [5, 5.41) is 18.3. The fraction of sp³-hybridized carbons (Fsp3) is 0.167. The van der Waals surface area contributed by atoms with E-state index in [1.54, 1.807) is 6.07 Å². The predicted octanol–water partition coefficient (Wildman–Crippen LogP) is 6.47. The number of azo groups is 1. The van der Waals surface area contributed by atoms with Crippen molar-refractivity contribution in [3.63, 3.8) is 0 Å². The zero-order chi connectivity index (χ0) is 19.7. The average Bonchev–Trinajstić information content (AvgIpc) is 2.88. The molecular weight excluding hydrogens is 546 g/mol.